The van der Waals surface area contributed by atoms with Crippen LogP contribution >= 0.6 is 0 Å². The van der Waals surface area contributed by atoms with Gasteiger partial charge in [0.05, 0.1) is 13.2 Å². The predicted octanol–water partition coefficient (Wildman–Crippen LogP) is -4.95. The molecule has 0 aliphatic rings. The first-order valence-corrected chi connectivity index (χ1v) is 3.69. The molecule has 0 bridgehead atoms. The average molecular weight is 214 g/mol. The van der Waals surface area contributed by atoms with E-state index in [0.717, 1.165) is 0 Å². The monoisotopic (exact) mass is 214 g/mol. The topological polar surface area (TPSA) is 162 Å². The zero-order valence-corrected chi connectivity index (χ0v) is 7.15. The van der Waals surface area contributed by atoms with E-state index in [1.165, 1.54) is 0 Å². The van der Waals surface area contributed by atoms with Crippen molar-refractivity contribution in [2.75, 3.05) is 13.2 Å². The summed E-state index contributed by atoms with van der Waals surface area (Å²) in [6.07, 6.45) is -4.61. The van der Waals surface area contributed by atoms with Crippen LogP contribution in [0.5, 0.6) is 0 Å². The van der Waals surface area contributed by atoms with E-state index in [0.29, 0.717) is 0 Å². The van der Waals surface area contributed by atoms with Gasteiger partial charge < -0.3 is 40.9 Å². The second kappa shape index (κ2) is 4.47. The molecule has 0 saturated heterocycles. The van der Waals surface area contributed by atoms with Crippen LogP contribution in [0.4, 0.5) is 0 Å². The van der Waals surface area contributed by atoms with Crippen molar-refractivity contribution in [3.8, 4) is 0 Å². The molecule has 0 aromatic heterocycles. The first-order valence-electron chi connectivity index (χ1n) is 3.69. The van der Waals surface area contributed by atoms with Gasteiger partial charge in [0, 0.05) is 0 Å². The van der Waals surface area contributed by atoms with E-state index in [4.69, 9.17) is 40.9 Å². The van der Waals surface area contributed by atoms with Crippen LogP contribution in [0.25, 0.3) is 0 Å². The molecule has 0 amide bonds. The minimum Gasteiger partial charge on any atom is -0.393 e. The van der Waals surface area contributed by atoms with Gasteiger partial charge in [-0.1, -0.05) is 0 Å². The normalized spacial score (nSPS) is 18.0. The Kier molecular flexibility index (Phi) is 4.36. The Bertz CT molecular complexity index is 159. The molecule has 0 aliphatic heterocycles. The molecule has 2 atom stereocenters. The molecule has 0 heterocycles. The first kappa shape index (κ1) is 13.7. The standard InChI is InChI=1S/C6H14O8/c7-1-3(9)5(11,12)6(13,14)4(10)2-8/h3-4,7-14H,1-2H2. The van der Waals surface area contributed by atoms with Gasteiger partial charge in [-0.15, -0.1) is 0 Å². The van der Waals surface area contributed by atoms with Crippen LogP contribution in [0.15, 0.2) is 0 Å². The van der Waals surface area contributed by atoms with E-state index in [1.807, 2.05) is 0 Å². The van der Waals surface area contributed by atoms with E-state index in [1.54, 1.807) is 0 Å². The Morgan fingerprint density at radius 1 is 0.714 bits per heavy atom. The molecule has 14 heavy (non-hydrogen) atoms. The molecular weight excluding hydrogens is 200 g/mol. The number of aliphatic hydroxyl groups excluding tert-OH is 4. The summed E-state index contributed by atoms with van der Waals surface area (Å²) in [5.41, 5.74) is 0. The Balaban J connectivity index is 4.85. The molecule has 86 valence electrons. The van der Waals surface area contributed by atoms with Gasteiger partial charge in [0.15, 0.2) is 0 Å². The van der Waals surface area contributed by atoms with Gasteiger partial charge in [-0.25, -0.2) is 0 Å². The minimum atomic E-state index is -3.57. The lowest BCUT2D eigenvalue weighted by Crippen LogP contribution is -2.68. The third-order valence-corrected chi connectivity index (χ3v) is 1.82. The summed E-state index contributed by atoms with van der Waals surface area (Å²) in [7, 11) is 0. The summed E-state index contributed by atoms with van der Waals surface area (Å²) in [6.45, 7) is -2.35. The second-order valence-corrected chi connectivity index (χ2v) is 2.85. The van der Waals surface area contributed by atoms with Gasteiger partial charge in [-0.3, -0.25) is 0 Å². The van der Waals surface area contributed by atoms with Crippen molar-refractivity contribution in [2.24, 2.45) is 0 Å². The maximum Gasteiger partial charge on any atom is 0.250 e. The van der Waals surface area contributed by atoms with Gasteiger partial charge in [0.2, 0.25) is 0 Å². The third kappa shape index (κ3) is 2.19. The molecular formula is C6H14O8. The van der Waals surface area contributed by atoms with E-state index in [2.05, 4.69) is 0 Å². The van der Waals surface area contributed by atoms with Gasteiger partial charge >= 0.3 is 0 Å². The van der Waals surface area contributed by atoms with E-state index >= 15 is 0 Å². The van der Waals surface area contributed by atoms with E-state index < -0.39 is 37.0 Å². The second-order valence-electron chi connectivity index (χ2n) is 2.85. The van der Waals surface area contributed by atoms with Crippen molar-refractivity contribution in [1.29, 1.82) is 0 Å². The molecule has 0 saturated carbocycles. The Morgan fingerprint density at radius 3 is 1.07 bits per heavy atom. The number of hydrogen-bond donors (Lipinski definition) is 8. The highest BCUT2D eigenvalue weighted by molar-refractivity contribution is 4.93. The molecule has 2 unspecified atom stereocenters. The summed E-state index contributed by atoms with van der Waals surface area (Å²) in [5.74, 6) is -7.13. The smallest absolute Gasteiger partial charge is 0.250 e. The third-order valence-electron chi connectivity index (χ3n) is 1.82. The van der Waals surface area contributed by atoms with Crippen LogP contribution in [0.3, 0.4) is 0 Å². The van der Waals surface area contributed by atoms with Crippen LogP contribution in [-0.2, 0) is 0 Å². The van der Waals surface area contributed by atoms with Crippen molar-refractivity contribution in [3.05, 3.63) is 0 Å². The summed E-state index contributed by atoms with van der Waals surface area (Å²) >= 11 is 0. The highest BCUT2D eigenvalue weighted by Crippen LogP contribution is 2.24. The molecule has 0 rings (SSSR count). The fourth-order valence-electron chi connectivity index (χ4n) is 0.745. The fraction of sp³-hybridized carbons (Fsp3) is 1.00. The maximum absolute atomic E-state index is 8.99. The molecule has 0 aliphatic carbocycles. The molecule has 0 fully saturated rings. The lowest BCUT2D eigenvalue weighted by molar-refractivity contribution is -0.411. The molecule has 0 radical (unpaired) electrons. The summed E-state index contributed by atoms with van der Waals surface area (Å²) in [4.78, 5) is 0. The fourth-order valence-corrected chi connectivity index (χ4v) is 0.745. The van der Waals surface area contributed by atoms with E-state index in [9.17, 15) is 0 Å². The molecule has 0 aromatic carbocycles. The van der Waals surface area contributed by atoms with Crippen LogP contribution in [-0.4, -0.2) is 77.8 Å². The summed E-state index contributed by atoms with van der Waals surface area (Å²) < 4.78 is 0. The highest BCUT2D eigenvalue weighted by atomic mass is 16.6. The van der Waals surface area contributed by atoms with Gasteiger partial charge in [0.25, 0.3) is 11.6 Å². The SMILES string of the molecule is OCC(O)C(O)(O)C(O)(O)C(O)CO. The predicted molar refractivity (Wildman–Crippen MR) is 40.5 cm³/mol. The molecule has 8 N–H and O–H groups in total. The Labute approximate surface area is 78.9 Å². The highest BCUT2D eigenvalue weighted by Gasteiger charge is 2.56. The van der Waals surface area contributed by atoms with Crippen molar-refractivity contribution >= 4 is 0 Å². The zero-order chi connectivity index (χ0) is 11.6. The average Bonchev–Trinajstić information content (AvgIpc) is 2.14. The van der Waals surface area contributed by atoms with Gasteiger partial charge in [-0.2, -0.15) is 0 Å². The summed E-state index contributed by atoms with van der Waals surface area (Å²) in [6, 6.07) is 0. The number of hydrogen-bond acceptors (Lipinski definition) is 8. The molecule has 0 spiro atoms. The van der Waals surface area contributed by atoms with Crippen LogP contribution in [0.1, 0.15) is 0 Å². The Morgan fingerprint density at radius 2 is 0.929 bits per heavy atom. The van der Waals surface area contributed by atoms with Gasteiger partial charge in [0.1, 0.15) is 12.2 Å². The van der Waals surface area contributed by atoms with Crippen molar-refractivity contribution < 1.29 is 40.9 Å². The molecule has 8 nitrogen and oxygen atoms in total. The van der Waals surface area contributed by atoms with Crippen molar-refractivity contribution in [2.45, 2.75) is 23.8 Å². The lowest BCUT2D eigenvalue weighted by Gasteiger charge is -2.39. The Hall–Kier alpha value is -0.320. The van der Waals surface area contributed by atoms with Gasteiger partial charge in [-0.05, 0) is 0 Å². The maximum atomic E-state index is 8.99. The number of aliphatic hydroxyl groups is 8. The number of rotatable bonds is 5. The quantitative estimate of drug-likeness (QED) is 0.211. The molecule has 8 heteroatoms. The first-order chi connectivity index (χ1) is 6.21. The van der Waals surface area contributed by atoms with Crippen LogP contribution < -0.4 is 0 Å². The zero-order valence-electron chi connectivity index (χ0n) is 7.15. The summed E-state index contributed by atoms with van der Waals surface area (Å²) in [5, 5.41) is 70.3. The van der Waals surface area contributed by atoms with Crippen LogP contribution in [0, 0.1) is 0 Å². The largest absolute Gasteiger partial charge is 0.393 e. The minimum absolute atomic E-state index is 1.17. The van der Waals surface area contributed by atoms with Crippen LogP contribution in [0.2, 0.25) is 0 Å². The lowest BCUT2D eigenvalue weighted by atomic mass is 9.95. The van der Waals surface area contributed by atoms with E-state index in [-0.39, 0.29) is 0 Å². The van der Waals surface area contributed by atoms with Crippen molar-refractivity contribution in [3.63, 3.8) is 0 Å². The molecule has 0 aromatic rings. The van der Waals surface area contributed by atoms with Crippen molar-refractivity contribution in [1.82, 2.24) is 0 Å².